The zero-order chi connectivity index (χ0) is 28.8. The molecule has 0 bridgehead atoms. The Labute approximate surface area is 267 Å². The minimum atomic E-state index is -0.625. The average molecular weight is 689 g/mol. The Morgan fingerprint density at radius 2 is 1.51 bits per heavy atom. The summed E-state index contributed by atoms with van der Waals surface area (Å²) in [5.41, 5.74) is 0.880. The summed E-state index contributed by atoms with van der Waals surface area (Å²) in [4.78, 5) is 25.9. The lowest BCUT2D eigenvalue weighted by molar-refractivity contribution is -0.701. The maximum atomic E-state index is 12.7. The third kappa shape index (κ3) is 16.8. The molecule has 2 amide bonds. The van der Waals surface area contributed by atoms with Crippen molar-refractivity contribution in [2.24, 2.45) is 5.92 Å². The SMILES string of the molecule is CCCCCCCCCCCCCCCCOC[C@@H]1CO[C@@H](COC(=O)N(Cc2cccc[n+]2CC)C(C)=O)C1.[I-]. The molecule has 8 heteroatoms. The zero-order valence-electron chi connectivity index (χ0n) is 26.1. The van der Waals surface area contributed by atoms with E-state index in [-0.39, 0.29) is 49.1 Å². The van der Waals surface area contributed by atoms with Crippen LogP contribution in [0.25, 0.3) is 0 Å². The van der Waals surface area contributed by atoms with Gasteiger partial charge in [0.1, 0.15) is 19.7 Å². The van der Waals surface area contributed by atoms with E-state index in [0.29, 0.717) is 19.1 Å². The number of rotatable bonds is 22. The standard InChI is InChI=1S/C33H57N2O5.HI/c1-4-6-7-8-9-10-11-12-13-14-15-16-17-20-23-38-26-30-24-32(39-27-30)28-40-33(37)35(29(3)36)25-31-21-18-19-22-34(31)5-2;/h18-19,21-22,30,32H,4-17,20,23-28H2,1-3H3;1H/q+1;/p-1/t30-,32-;/m1./s1. The lowest BCUT2D eigenvalue weighted by Crippen LogP contribution is -3.00. The van der Waals surface area contributed by atoms with Gasteiger partial charge in [0.2, 0.25) is 11.6 Å². The van der Waals surface area contributed by atoms with Crippen molar-refractivity contribution in [3.8, 4) is 0 Å². The van der Waals surface area contributed by atoms with Crippen LogP contribution >= 0.6 is 0 Å². The van der Waals surface area contributed by atoms with Gasteiger partial charge < -0.3 is 38.2 Å². The molecule has 236 valence electrons. The molecule has 41 heavy (non-hydrogen) atoms. The topological polar surface area (TPSA) is 69.0 Å². The summed E-state index contributed by atoms with van der Waals surface area (Å²) in [6, 6.07) is 5.75. The summed E-state index contributed by atoms with van der Waals surface area (Å²) in [5.74, 6) is -0.00860. The van der Waals surface area contributed by atoms with E-state index in [1.807, 2.05) is 35.9 Å². The Bertz CT molecular complexity index is 825. The lowest BCUT2D eigenvalue weighted by Gasteiger charge is -2.19. The van der Waals surface area contributed by atoms with Gasteiger partial charge in [-0.2, -0.15) is 0 Å². The highest BCUT2D eigenvalue weighted by molar-refractivity contribution is 5.90. The van der Waals surface area contributed by atoms with Crippen LogP contribution in [0.4, 0.5) is 4.79 Å². The van der Waals surface area contributed by atoms with Gasteiger partial charge in [-0.05, 0) is 19.8 Å². The number of hydrogen-bond acceptors (Lipinski definition) is 5. The minimum Gasteiger partial charge on any atom is -1.00 e. The molecule has 0 aliphatic carbocycles. The molecule has 1 saturated heterocycles. The third-order valence-electron chi connectivity index (χ3n) is 7.85. The molecule has 0 radical (unpaired) electrons. The quantitative estimate of drug-likeness (QED) is 0.103. The van der Waals surface area contributed by atoms with Crippen molar-refractivity contribution < 1.29 is 52.3 Å². The van der Waals surface area contributed by atoms with E-state index in [1.165, 1.54) is 90.4 Å². The summed E-state index contributed by atoms with van der Waals surface area (Å²) in [6.07, 6.45) is 21.0. The second-order valence-electron chi connectivity index (χ2n) is 11.4. The van der Waals surface area contributed by atoms with Crippen LogP contribution in [0, 0.1) is 5.92 Å². The Balaban J connectivity index is 0.00000840. The molecule has 0 spiro atoms. The van der Waals surface area contributed by atoms with Crippen LogP contribution < -0.4 is 28.5 Å². The molecule has 2 rings (SSSR count). The average Bonchev–Trinajstić information content (AvgIpc) is 3.42. The number of ether oxygens (including phenoxy) is 3. The van der Waals surface area contributed by atoms with Crippen LogP contribution in [-0.4, -0.2) is 49.4 Å². The fourth-order valence-electron chi connectivity index (χ4n) is 5.33. The van der Waals surface area contributed by atoms with E-state index in [1.54, 1.807) is 0 Å². The van der Waals surface area contributed by atoms with Crippen LogP contribution in [0.1, 0.15) is 123 Å². The Kier molecular flexibility index (Phi) is 22.3. The van der Waals surface area contributed by atoms with Crippen LogP contribution in [-0.2, 0) is 32.1 Å². The molecule has 0 saturated carbocycles. The van der Waals surface area contributed by atoms with Gasteiger partial charge in [0, 0.05) is 31.6 Å². The number of nitrogens with zero attached hydrogens (tertiary/aromatic N) is 2. The Morgan fingerprint density at radius 3 is 2.10 bits per heavy atom. The van der Waals surface area contributed by atoms with E-state index in [9.17, 15) is 9.59 Å². The summed E-state index contributed by atoms with van der Waals surface area (Å²) < 4.78 is 19.2. The number of carbonyl (C=O) groups is 2. The van der Waals surface area contributed by atoms with Gasteiger partial charge in [-0.25, -0.2) is 14.3 Å². The van der Waals surface area contributed by atoms with Gasteiger partial charge in [-0.3, -0.25) is 4.79 Å². The van der Waals surface area contributed by atoms with Crippen molar-refractivity contribution in [1.82, 2.24) is 4.90 Å². The lowest BCUT2D eigenvalue weighted by atomic mass is 10.0. The second-order valence-corrected chi connectivity index (χ2v) is 11.4. The molecule has 0 aromatic carbocycles. The number of pyridine rings is 1. The van der Waals surface area contributed by atoms with Crippen LogP contribution in [0.2, 0.25) is 0 Å². The van der Waals surface area contributed by atoms with Crippen molar-refractivity contribution in [3.63, 3.8) is 0 Å². The van der Waals surface area contributed by atoms with Crippen molar-refractivity contribution in [1.29, 1.82) is 0 Å². The number of aryl methyl sites for hydroxylation is 1. The first-order valence-corrected chi connectivity index (χ1v) is 16.2. The normalized spacial score (nSPS) is 16.4. The number of amides is 2. The third-order valence-corrected chi connectivity index (χ3v) is 7.85. The van der Waals surface area contributed by atoms with Crippen LogP contribution in [0.3, 0.4) is 0 Å². The van der Waals surface area contributed by atoms with Crippen LogP contribution in [0.5, 0.6) is 0 Å². The van der Waals surface area contributed by atoms with E-state index in [2.05, 4.69) is 6.92 Å². The molecular weight excluding hydrogens is 631 g/mol. The van der Waals surface area contributed by atoms with E-state index >= 15 is 0 Å². The first kappa shape index (κ1) is 37.8. The number of unbranched alkanes of at least 4 members (excludes halogenated alkanes) is 13. The minimum absolute atomic E-state index is 0. The molecule has 2 heterocycles. The summed E-state index contributed by atoms with van der Waals surface area (Å²) in [6.45, 7) is 8.90. The number of aromatic nitrogens is 1. The molecule has 1 aromatic rings. The molecule has 1 aliphatic heterocycles. The molecule has 1 aromatic heterocycles. The van der Waals surface area contributed by atoms with E-state index in [0.717, 1.165) is 36.6 Å². The molecule has 7 nitrogen and oxygen atoms in total. The molecule has 2 atom stereocenters. The van der Waals surface area contributed by atoms with Gasteiger partial charge in [0.05, 0.1) is 19.3 Å². The summed E-state index contributed by atoms with van der Waals surface area (Å²) in [7, 11) is 0. The largest absolute Gasteiger partial charge is 1.00 e. The molecule has 1 fully saturated rings. The molecule has 0 N–H and O–H groups in total. The maximum absolute atomic E-state index is 12.7. The first-order valence-electron chi connectivity index (χ1n) is 16.2. The van der Waals surface area contributed by atoms with Gasteiger partial charge in [-0.15, -0.1) is 0 Å². The van der Waals surface area contributed by atoms with Gasteiger partial charge in [0.25, 0.3) is 0 Å². The highest BCUT2D eigenvalue weighted by atomic mass is 127. The van der Waals surface area contributed by atoms with E-state index in [4.69, 9.17) is 14.2 Å². The van der Waals surface area contributed by atoms with E-state index < -0.39 is 6.09 Å². The fraction of sp³-hybridized carbons (Fsp3) is 0.788. The van der Waals surface area contributed by atoms with Crippen molar-refractivity contribution in [2.75, 3.05) is 26.4 Å². The zero-order valence-corrected chi connectivity index (χ0v) is 28.3. The highest BCUT2D eigenvalue weighted by Gasteiger charge is 2.29. The first-order chi connectivity index (χ1) is 19.5. The maximum Gasteiger partial charge on any atom is 0.417 e. The number of imide groups is 1. The fourth-order valence-corrected chi connectivity index (χ4v) is 5.33. The number of hydrogen-bond donors (Lipinski definition) is 0. The molecular formula is C33H57IN2O5. The van der Waals surface area contributed by atoms with Gasteiger partial charge in [-0.1, -0.05) is 96.5 Å². The monoisotopic (exact) mass is 688 g/mol. The Morgan fingerprint density at radius 1 is 0.902 bits per heavy atom. The van der Waals surface area contributed by atoms with Crippen LogP contribution in [0.15, 0.2) is 24.4 Å². The smallest absolute Gasteiger partial charge is 0.417 e. The predicted octanol–water partition coefficient (Wildman–Crippen LogP) is 4.39. The molecule has 0 unspecified atom stereocenters. The Hall–Kier alpha value is -1.26. The van der Waals surface area contributed by atoms with Gasteiger partial charge in [0.15, 0.2) is 6.20 Å². The molecule has 1 aliphatic rings. The number of carbonyl (C=O) groups excluding carboxylic acids is 2. The summed E-state index contributed by atoms with van der Waals surface area (Å²) in [5, 5.41) is 0. The van der Waals surface area contributed by atoms with Gasteiger partial charge >= 0.3 is 6.09 Å². The van der Waals surface area contributed by atoms with Crippen molar-refractivity contribution >= 4 is 12.0 Å². The second kappa shape index (κ2) is 24.2. The number of halogens is 1. The van der Waals surface area contributed by atoms with Crippen molar-refractivity contribution in [3.05, 3.63) is 30.1 Å². The highest BCUT2D eigenvalue weighted by Crippen LogP contribution is 2.21. The predicted molar refractivity (Wildman–Crippen MR) is 159 cm³/mol. The van der Waals surface area contributed by atoms with Crippen molar-refractivity contribution in [2.45, 2.75) is 136 Å². The summed E-state index contributed by atoms with van der Waals surface area (Å²) >= 11 is 0.